The molecule has 142 valence electrons. The van der Waals surface area contributed by atoms with Crippen LogP contribution in [0.15, 0.2) is 52.9 Å². The Bertz CT molecular complexity index is 687. The molecule has 2 heterocycles. The summed E-state index contributed by atoms with van der Waals surface area (Å²) in [6, 6.07) is 4.50. The molecule has 0 atom stereocenters. The number of allylic oxidation sites excluding steroid dienone is 2. The summed E-state index contributed by atoms with van der Waals surface area (Å²) >= 11 is 3.60. The van der Waals surface area contributed by atoms with Gasteiger partial charge in [-0.2, -0.15) is 0 Å². The Labute approximate surface area is 168 Å². The van der Waals surface area contributed by atoms with Crippen LogP contribution in [0.4, 0.5) is 0 Å². The van der Waals surface area contributed by atoms with Crippen LogP contribution in [0.1, 0.15) is 56.2 Å². The highest BCUT2D eigenvalue weighted by Crippen LogP contribution is 2.43. The van der Waals surface area contributed by atoms with Crippen molar-refractivity contribution in [2.45, 2.75) is 53.4 Å². The molecule has 0 radical (unpaired) electrons. The second-order valence-electron chi connectivity index (χ2n) is 6.97. The van der Waals surface area contributed by atoms with E-state index in [0.717, 1.165) is 19.0 Å². The number of thiophene rings is 1. The third-order valence-electron chi connectivity index (χ3n) is 4.95. The fourth-order valence-electron chi connectivity index (χ4n) is 3.78. The van der Waals surface area contributed by atoms with Gasteiger partial charge < -0.3 is 4.90 Å². The van der Waals surface area contributed by atoms with Crippen molar-refractivity contribution in [1.29, 1.82) is 0 Å². The quantitative estimate of drug-likeness (QED) is 0.406. The van der Waals surface area contributed by atoms with Crippen LogP contribution < -0.4 is 0 Å². The van der Waals surface area contributed by atoms with Gasteiger partial charge in [-0.15, -0.1) is 11.3 Å². The molecule has 0 saturated carbocycles. The molecular formula is C23H33NS2. The number of aryl methyl sites for hydroxylation is 1. The normalized spacial score (nSPS) is 15.5. The lowest BCUT2D eigenvalue weighted by Crippen LogP contribution is -2.26. The van der Waals surface area contributed by atoms with Crippen LogP contribution in [0, 0.1) is 12.8 Å². The maximum Gasteiger partial charge on any atom is 0.0450 e. The molecule has 2 rings (SSSR count). The van der Waals surface area contributed by atoms with Crippen LogP contribution in [0.3, 0.4) is 0 Å². The smallest absolute Gasteiger partial charge is 0.0450 e. The molecule has 1 aliphatic rings. The van der Waals surface area contributed by atoms with Crippen LogP contribution >= 0.6 is 23.1 Å². The minimum atomic E-state index is 0.758. The first kappa shape index (κ1) is 21.1. The van der Waals surface area contributed by atoms with Crippen molar-refractivity contribution in [3.8, 4) is 0 Å². The molecule has 3 heteroatoms. The van der Waals surface area contributed by atoms with Gasteiger partial charge in [0.25, 0.3) is 0 Å². The summed E-state index contributed by atoms with van der Waals surface area (Å²) < 4.78 is 0. The summed E-state index contributed by atoms with van der Waals surface area (Å²) in [4.78, 5) is 6.54. The first-order valence-electron chi connectivity index (χ1n) is 9.74. The van der Waals surface area contributed by atoms with Gasteiger partial charge in [-0.25, -0.2) is 0 Å². The van der Waals surface area contributed by atoms with E-state index in [4.69, 9.17) is 0 Å². The summed E-state index contributed by atoms with van der Waals surface area (Å²) in [6.45, 7) is 19.4. The Kier molecular flexibility index (Phi) is 8.30. The van der Waals surface area contributed by atoms with Crippen molar-refractivity contribution in [3.63, 3.8) is 0 Å². The molecule has 26 heavy (non-hydrogen) atoms. The molecule has 0 spiro atoms. The number of nitrogens with zero attached hydrogens (tertiary/aromatic N) is 1. The summed E-state index contributed by atoms with van der Waals surface area (Å²) in [5.41, 5.74) is 3.94. The maximum absolute atomic E-state index is 4.51. The predicted octanol–water partition coefficient (Wildman–Crippen LogP) is 7.64. The fourth-order valence-corrected chi connectivity index (χ4v) is 5.36. The van der Waals surface area contributed by atoms with Gasteiger partial charge in [0.05, 0.1) is 0 Å². The molecule has 0 N–H and O–H groups in total. The first-order chi connectivity index (χ1) is 12.5. The Morgan fingerprint density at radius 1 is 1.31 bits per heavy atom. The van der Waals surface area contributed by atoms with Gasteiger partial charge in [0.15, 0.2) is 0 Å². The van der Waals surface area contributed by atoms with Gasteiger partial charge in [-0.3, -0.25) is 0 Å². The monoisotopic (exact) mass is 387 g/mol. The van der Waals surface area contributed by atoms with Gasteiger partial charge in [0, 0.05) is 39.0 Å². The first-order valence-corrected chi connectivity index (χ1v) is 11.4. The zero-order valence-electron chi connectivity index (χ0n) is 16.8. The van der Waals surface area contributed by atoms with Crippen molar-refractivity contribution in [1.82, 2.24) is 4.90 Å². The standard InChI is InChI=1S/C23H33NS2/c1-7-11-19(12-8-2)15-24-16-20(22-14-13-17(5)26-22)23(18(24)6)21(9-3)25-10-4/h9-10,13-14,19H,4,6-8,11-12,15-16H2,1-3,5H3/b21-9-. The van der Waals surface area contributed by atoms with E-state index in [1.54, 1.807) is 11.8 Å². The number of rotatable bonds is 10. The van der Waals surface area contributed by atoms with Crippen LogP contribution in [-0.4, -0.2) is 18.0 Å². The molecular weight excluding hydrogens is 354 g/mol. The van der Waals surface area contributed by atoms with Crippen molar-refractivity contribution in [2.24, 2.45) is 5.92 Å². The predicted molar refractivity (Wildman–Crippen MR) is 122 cm³/mol. The number of hydrogen-bond acceptors (Lipinski definition) is 3. The highest BCUT2D eigenvalue weighted by Gasteiger charge is 2.30. The molecule has 1 aliphatic heterocycles. The van der Waals surface area contributed by atoms with E-state index in [0.29, 0.717) is 0 Å². The van der Waals surface area contributed by atoms with Gasteiger partial charge in [-0.05, 0) is 55.7 Å². The summed E-state index contributed by atoms with van der Waals surface area (Å²) in [7, 11) is 0. The van der Waals surface area contributed by atoms with Gasteiger partial charge in [0.1, 0.15) is 0 Å². The molecule has 0 unspecified atom stereocenters. The number of hydrogen-bond donors (Lipinski definition) is 0. The third kappa shape index (κ3) is 4.95. The molecule has 0 amide bonds. The van der Waals surface area contributed by atoms with Crippen molar-refractivity contribution in [2.75, 3.05) is 13.1 Å². The highest BCUT2D eigenvalue weighted by molar-refractivity contribution is 8.06. The largest absolute Gasteiger partial charge is 0.367 e. The van der Waals surface area contributed by atoms with E-state index in [1.807, 2.05) is 16.7 Å². The molecule has 1 aromatic heterocycles. The van der Waals surface area contributed by atoms with E-state index >= 15 is 0 Å². The highest BCUT2D eigenvalue weighted by atomic mass is 32.2. The van der Waals surface area contributed by atoms with E-state index in [2.05, 4.69) is 64.0 Å². The molecule has 1 aromatic rings. The minimum absolute atomic E-state index is 0.758. The van der Waals surface area contributed by atoms with Crippen molar-refractivity contribution >= 4 is 28.7 Å². The lowest BCUT2D eigenvalue weighted by atomic mass is 9.97. The van der Waals surface area contributed by atoms with E-state index < -0.39 is 0 Å². The van der Waals surface area contributed by atoms with Crippen molar-refractivity contribution < 1.29 is 0 Å². The molecule has 0 bridgehead atoms. The topological polar surface area (TPSA) is 3.24 Å². The molecule has 0 fully saturated rings. The molecule has 0 aliphatic carbocycles. The Balaban J connectivity index is 2.34. The fraction of sp³-hybridized carbons (Fsp3) is 0.478. The second-order valence-corrected chi connectivity index (χ2v) is 9.27. The van der Waals surface area contributed by atoms with Crippen LogP contribution in [0.25, 0.3) is 5.57 Å². The second kappa shape index (κ2) is 10.2. The van der Waals surface area contributed by atoms with Gasteiger partial charge >= 0.3 is 0 Å². The lowest BCUT2D eigenvalue weighted by molar-refractivity contribution is 0.298. The van der Waals surface area contributed by atoms with Gasteiger partial charge in [-0.1, -0.05) is 57.7 Å². The zero-order chi connectivity index (χ0) is 19.1. The Morgan fingerprint density at radius 2 is 2.00 bits per heavy atom. The summed E-state index contributed by atoms with van der Waals surface area (Å²) in [5.74, 6) is 0.758. The Hall–Kier alpha value is -1.19. The third-order valence-corrected chi connectivity index (χ3v) is 6.87. The van der Waals surface area contributed by atoms with Crippen molar-refractivity contribution in [3.05, 3.63) is 62.7 Å². The summed E-state index contributed by atoms with van der Waals surface area (Å²) in [6.07, 6.45) is 7.33. The van der Waals surface area contributed by atoms with Crippen LogP contribution in [0.5, 0.6) is 0 Å². The van der Waals surface area contributed by atoms with E-state index in [-0.39, 0.29) is 0 Å². The van der Waals surface area contributed by atoms with Gasteiger partial charge in [0.2, 0.25) is 0 Å². The SMILES string of the molecule is C=CS/C(=C\C)C1=C(c2ccc(C)s2)CN(CC(CCC)CCC)C1=C. The van der Waals surface area contributed by atoms with Crippen LogP contribution in [0.2, 0.25) is 0 Å². The summed E-state index contributed by atoms with van der Waals surface area (Å²) in [5, 5.41) is 1.92. The molecule has 0 saturated heterocycles. The molecule has 0 aromatic carbocycles. The van der Waals surface area contributed by atoms with E-state index in [9.17, 15) is 0 Å². The zero-order valence-corrected chi connectivity index (χ0v) is 18.4. The number of thioether (sulfide) groups is 1. The molecule has 1 nitrogen and oxygen atoms in total. The van der Waals surface area contributed by atoms with E-state index in [1.165, 1.54) is 57.2 Å². The lowest BCUT2D eigenvalue weighted by Gasteiger charge is -2.27. The van der Waals surface area contributed by atoms with Crippen LogP contribution in [-0.2, 0) is 0 Å². The average molecular weight is 388 g/mol. The Morgan fingerprint density at radius 3 is 2.50 bits per heavy atom. The minimum Gasteiger partial charge on any atom is -0.367 e. The average Bonchev–Trinajstić information content (AvgIpc) is 3.17. The maximum atomic E-state index is 4.51.